The van der Waals surface area contributed by atoms with E-state index < -0.39 is 10.0 Å². The zero-order chi connectivity index (χ0) is 12.2. The summed E-state index contributed by atoms with van der Waals surface area (Å²) >= 11 is 0. The first kappa shape index (κ1) is 12.8. The van der Waals surface area contributed by atoms with Gasteiger partial charge in [0.2, 0.25) is 10.0 Å². The van der Waals surface area contributed by atoms with Crippen LogP contribution in [0.5, 0.6) is 5.75 Å². The summed E-state index contributed by atoms with van der Waals surface area (Å²) in [6, 6.07) is 6.82. The summed E-state index contributed by atoms with van der Waals surface area (Å²) in [5.74, 6) is 0.577. The van der Waals surface area contributed by atoms with E-state index >= 15 is 0 Å². The fourth-order valence-corrected chi connectivity index (χ4v) is 1.67. The van der Waals surface area contributed by atoms with E-state index in [0.717, 1.165) is 0 Å². The van der Waals surface area contributed by atoms with E-state index in [1.165, 1.54) is 18.4 Å². The van der Waals surface area contributed by atoms with Crippen LogP contribution in [0, 0.1) is 0 Å². The second-order valence-electron chi connectivity index (χ2n) is 3.52. The molecule has 0 unspecified atom stereocenters. The lowest BCUT2D eigenvalue weighted by molar-refractivity contribution is 0.338. The monoisotopic (exact) mass is 244 g/mol. The summed E-state index contributed by atoms with van der Waals surface area (Å²) < 4.78 is 29.3. The molecule has 0 atom stereocenters. The molecule has 1 aromatic carbocycles. The molecule has 0 bridgehead atoms. The van der Waals surface area contributed by atoms with Crippen LogP contribution < -0.4 is 10.5 Å². The molecule has 1 aromatic rings. The van der Waals surface area contributed by atoms with Gasteiger partial charge in [0, 0.05) is 19.8 Å². The Hall–Kier alpha value is -1.27. The number of anilines is 1. The largest absolute Gasteiger partial charge is 0.492 e. The highest BCUT2D eigenvalue weighted by molar-refractivity contribution is 7.89. The zero-order valence-corrected chi connectivity index (χ0v) is 10.2. The number of benzene rings is 1. The van der Waals surface area contributed by atoms with Crippen LogP contribution in [-0.4, -0.2) is 39.2 Å². The normalized spacial score (nSPS) is 11.7. The quantitative estimate of drug-likeness (QED) is 0.767. The Morgan fingerprint density at radius 3 is 2.31 bits per heavy atom. The van der Waals surface area contributed by atoms with Crippen molar-refractivity contribution < 1.29 is 13.2 Å². The molecule has 5 nitrogen and oxygen atoms in total. The van der Waals surface area contributed by atoms with Gasteiger partial charge in [-0.05, 0) is 24.3 Å². The summed E-state index contributed by atoms with van der Waals surface area (Å²) in [6.45, 7) is 0.129. The van der Waals surface area contributed by atoms with Crippen LogP contribution in [0.3, 0.4) is 0 Å². The number of sulfonamides is 1. The first-order valence-corrected chi connectivity index (χ1v) is 6.41. The van der Waals surface area contributed by atoms with Crippen molar-refractivity contribution in [3.63, 3.8) is 0 Å². The second-order valence-corrected chi connectivity index (χ2v) is 5.82. The molecule has 0 amide bonds. The van der Waals surface area contributed by atoms with Crippen molar-refractivity contribution in [3.8, 4) is 5.75 Å². The number of nitrogen functional groups attached to an aromatic ring is 1. The molecule has 0 aliphatic rings. The van der Waals surface area contributed by atoms with Crippen LogP contribution in [0.25, 0.3) is 0 Å². The van der Waals surface area contributed by atoms with Crippen molar-refractivity contribution in [2.75, 3.05) is 32.2 Å². The van der Waals surface area contributed by atoms with E-state index in [1.54, 1.807) is 24.3 Å². The number of hydrogen-bond acceptors (Lipinski definition) is 4. The molecule has 0 radical (unpaired) electrons. The molecular formula is C10H16N2O3S. The van der Waals surface area contributed by atoms with Crippen LogP contribution in [0.4, 0.5) is 5.69 Å². The van der Waals surface area contributed by atoms with E-state index in [2.05, 4.69) is 0 Å². The Morgan fingerprint density at radius 1 is 1.25 bits per heavy atom. The summed E-state index contributed by atoms with van der Waals surface area (Å²) in [5, 5.41) is 0. The van der Waals surface area contributed by atoms with Crippen molar-refractivity contribution in [1.29, 1.82) is 0 Å². The van der Waals surface area contributed by atoms with Gasteiger partial charge in [0.15, 0.2) is 0 Å². The molecule has 0 aromatic heterocycles. The number of hydrogen-bond donors (Lipinski definition) is 1. The summed E-state index contributed by atoms with van der Waals surface area (Å²) in [6.07, 6.45) is 0. The van der Waals surface area contributed by atoms with E-state index in [-0.39, 0.29) is 12.4 Å². The molecule has 0 spiro atoms. The van der Waals surface area contributed by atoms with E-state index in [9.17, 15) is 8.42 Å². The second kappa shape index (κ2) is 5.18. The van der Waals surface area contributed by atoms with Crippen molar-refractivity contribution >= 4 is 15.7 Å². The van der Waals surface area contributed by atoms with Gasteiger partial charge in [-0.25, -0.2) is 12.7 Å². The smallest absolute Gasteiger partial charge is 0.216 e. The Bertz CT molecular complexity index is 426. The van der Waals surface area contributed by atoms with Gasteiger partial charge in [-0.2, -0.15) is 0 Å². The topological polar surface area (TPSA) is 72.6 Å². The molecule has 0 aliphatic heterocycles. The Kier molecular flexibility index (Phi) is 4.14. The number of nitrogens with zero attached hydrogens (tertiary/aromatic N) is 1. The molecule has 0 heterocycles. The predicted molar refractivity (Wildman–Crippen MR) is 63.8 cm³/mol. The summed E-state index contributed by atoms with van der Waals surface area (Å²) in [4.78, 5) is 0. The minimum Gasteiger partial charge on any atom is -0.492 e. The van der Waals surface area contributed by atoms with Crippen molar-refractivity contribution in [2.24, 2.45) is 0 Å². The fraction of sp³-hybridized carbons (Fsp3) is 0.400. The van der Waals surface area contributed by atoms with Crippen LogP contribution in [0.15, 0.2) is 24.3 Å². The number of rotatable bonds is 5. The average Bonchev–Trinajstić information content (AvgIpc) is 2.20. The molecule has 1 rings (SSSR count). The SMILES string of the molecule is CN(C)S(=O)(=O)CCOc1ccc(N)cc1. The molecule has 6 heteroatoms. The maximum absolute atomic E-state index is 11.4. The van der Waals surface area contributed by atoms with Gasteiger partial charge in [0.1, 0.15) is 12.4 Å². The highest BCUT2D eigenvalue weighted by Gasteiger charge is 2.13. The van der Waals surface area contributed by atoms with Crippen LogP contribution in [0.1, 0.15) is 0 Å². The van der Waals surface area contributed by atoms with E-state index in [4.69, 9.17) is 10.5 Å². The van der Waals surface area contributed by atoms with Gasteiger partial charge >= 0.3 is 0 Å². The molecule has 0 saturated carbocycles. The van der Waals surface area contributed by atoms with Crippen LogP contribution in [0.2, 0.25) is 0 Å². The third-order valence-corrected chi connectivity index (χ3v) is 3.84. The summed E-state index contributed by atoms with van der Waals surface area (Å²) in [7, 11) is -0.196. The van der Waals surface area contributed by atoms with Crippen molar-refractivity contribution in [3.05, 3.63) is 24.3 Å². The average molecular weight is 244 g/mol. The predicted octanol–water partition coefficient (Wildman–Crippen LogP) is 0.539. The Balaban J connectivity index is 2.45. The molecule has 0 saturated heterocycles. The highest BCUT2D eigenvalue weighted by Crippen LogP contribution is 2.13. The van der Waals surface area contributed by atoms with E-state index in [0.29, 0.717) is 11.4 Å². The lowest BCUT2D eigenvalue weighted by Crippen LogP contribution is -2.27. The van der Waals surface area contributed by atoms with Gasteiger partial charge in [0.25, 0.3) is 0 Å². The maximum Gasteiger partial charge on any atom is 0.216 e. The standard InChI is InChI=1S/C10H16N2O3S/c1-12(2)16(13,14)8-7-15-10-5-3-9(11)4-6-10/h3-6H,7-8,11H2,1-2H3. The van der Waals surface area contributed by atoms with Gasteiger partial charge in [-0.15, -0.1) is 0 Å². The summed E-state index contributed by atoms with van der Waals surface area (Å²) in [5.41, 5.74) is 6.15. The Morgan fingerprint density at radius 2 is 1.81 bits per heavy atom. The van der Waals surface area contributed by atoms with Crippen molar-refractivity contribution in [1.82, 2.24) is 4.31 Å². The van der Waals surface area contributed by atoms with Crippen LogP contribution in [-0.2, 0) is 10.0 Å². The number of ether oxygens (including phenoxy) is 1. The first-order valence-electron chi connectivity index (χ1n) is 4.80. The molecule has 2 N–H and O–H groups in total. The molecule has 0 aliphatic carbocycles. The first-order chi connectivity index (χ1) is 7.42. The minimum atomic E-state index is -3.19. The van der Waals surface area contributed by atoms with Gasteiger partial charge < -0.3 is 10.5 Å². The Labute approximate surface area is 95.9 Å². The zero-order valence-electron chi connectivity index (χ0n) is 9.38. The third kappa shape index (κ3) is 3.71. The molecule has 90 valence electrons. The molecule has 0 fully saturated rings. The maximum atomic E-state index is 11.4. The van der Waals surface area contributed by atoms with Gasteiger partial charge in [-0.1, -0.05) is 0 Å². The molecular weight excluding hydrogens is 228 g/mol. The lowest BCUT2D eigenvalue weighted by Gasteiger charge is -2.11. The van der Waals surface area contributed by atoms with Gasteiger partial charge in [-0.3, -0.25) is 0 Å². The third-order valence-electron chi connectivity index (χ3n) is 2.05. The lowest BCUT2D eigenvalue weighted by atomic mass is 10.3. The van der Waals surface area contributed by atoms with Crippen LogP contribution >= 0.6 is 0 Å². The van der Waals surface area contributed by atoms with Gasteiger partial charge in [0.05, 0.1) is 5.75 Å². The number of nitrogens with two attached hydrogens (primary N) is 1. The fourth-order valence-electron chi connectivity index (χ4n) is 1.01. The van der Waals surface area contributed by atoms with E-state index in [1.807, 2.05) is 0 Å². The van der Waals surface area contributed by atoms with Crippen molar-refractivity contribution in [2.45, 2.75) is 0 Å². The molecule has 16 heavy (non-hydrogen) atoms. The highest BCUT2D eigenvalue weighted by atomic mass is 32.2. The minimum absolute atomic E-state index is 0.0373.